The second-order valence-electron chi connectivity index (χ2n) is 6.36. The lowest BCUT2D eigenvalue weighted by Gasteiger charge is -2.11. The van der Waals surface area contributed by atoms with Gasteiger partial charge in [-0.1, -0.05) is 36.4 Å². The average Bonchev–Trinajstić information content (AvgIpc) is 3.03. The molecule has 1 amide bonds. The van der Waals surface area contributed by atoms with Crippen LogP contribution in [0.15, 0.2) is 54.7 Å². The van der Waals surface area contributed by atoms with Crippen LogP contribution < -0.4 is 5.32 Å². The minimum atomic E-state index is -0.211. The van der Waals surface area contributed by atoms with Gasteiger partial charge in [0.1, 0.15) is 5.69 Å². The number of rotatable bonds is 5. The Morgan fingerprint density at radius 2 is 1.81 bits per heavy atom. The predicted molar refractivity (Wildman–Crippen MR) is 102 cm³/mol. The third-order valence-corrected chi connectivity index (χ3v) is 4.40. The van der Waals surface area contributed by atoms with Gasteiger partial charge in [-0.15, -0.1) is 0 Å². The normalized spacial score (nSPS) is 10.6. The summed E-state index contributed by atoms with van der Waals surface area (Å²) in [5.41, 5.74) is 4.78. The molecule has 26 heavy (non-hydrogen) atoms. The van der Waals surface area contributed by atoms with Crippen LogP contribution in [0.1, 0.15) is 37.5 Å². The molecule has 0 spiro atoms. The molecule has 0 aliphatic rings. The van der Waals surface area contributed by atoms with E-state index in [-0.39, 0.29) is 11.7 Å². The van der Waals surface area contributed by atoms with Gasteiger partial charge in [0.15, 0.2) is 5.78 Å². The van der Waals surface area contributed by atoms with Crippen LogP contribution in [0.3, 0.4) is 0 Å². The summed E-state index contributed by atoms with van der Waals surface area (Å²) in [4.78, 5) is 24.8. The predicted octanol–water partition coefficient (Wildman–Crippen LogP) is 3.71. The number of aromatic nitrogens is 2. The molecule has 2 aromatic carbocycles. The molecule has 0 atom stereocenters. The molecule has 1 heterocycles. The summed E-state index contributed by atoms with van der Waals surface area (Å²) >= 11 is 0. The zero-order chi connectivity index (χ0) is 18.7. The fourth-order valence-electron chi connectivity index (χ4n) is 2.93. The topological polar surface area (TPSA) is 64.0 Å². The number of ketones is 1. The Morgan fingerprint density at radius 1 is 1.04 bits per heavy atom. The summed E-state index contributed by atoms with van der Waals surface area (Å²) in [5, 5.41) is 6.89. The van der Waals surface area contributed by atoms with Gasteiger partial charge in [-0.05, 0) is 42.7 Å². The van der Waals surface area contributed by atoms with Crippen LogP contribution in [0.25, 0.3) is 0 Å². The van der Waals surface area contributed by atoms with Crippen molar-refractivity contribution in [3.63, 3.8) is 0 Å². The smallest absolute Gasteiger partial charge is 0.273 e. The molecule has 1 aromatic heterocycles. The van der Waals surface area contributed by atoms with Gasteiger partial charge in [-0.2, -0.15) is 5.10 Å². The van der Waals surface area contributed by atoms with Crippen LogP contribution in [-0.4, -0.2) is 21.5 Å². The van der Waals surface area contributed by atoms with Gasteiger partial charge in [0.05, 0.1) is 0 Å². The van der Waals surface area contributed by atoms with Crippen molar-refractivity contribution in [1.29, 1.82) is 0 Å². The van der Waals surface area contributed by atoms with Gasteiger partial charge >= 0.3 is 0 Å². The van der Waals surface area contributed by atoms with Crippen LogP contribution in [0.4, 0.5) is 5.69 Å². The molecule has 0 aliphatic carbocycles. The number of nitrogens with zero attached hydrogens (tertiary/aromatic N) is 2. The van der Waals surface area contributed by atoms with Crippen LogP contribution in [0.5, 0.6) is 0 Å². The summed E-state index contributed by atoms with van der Waals surface area (Å²) in [6.45, 7) is 3.86. The monoisotopic (exact) mass is 347 g/mol. The first-order valence-corrected chi connectivity index (χ1v) is 8.43. The van der Waals surface area contributed by atoms with Gasteiger partial charge in [-0.3, -0.25) is 14.3 Å². The Hall–Kier alpha value is -3.21. The van der Waals surface area contributed by atoms with E-state index in [1.54, 1.807) is 19.3 Å². The number of carbonyl (C=O) groups excluding carboxylic acids is 2. The molecule has 0 fully saturated rings. The molecule has 0 unspecified atom stereocenters. The Balaban J connectivity index is 1.73. The molecule has 5 nitrogen and oxygen atoms in total. The number of aryl methyl sites for hydroxylation is 3. The fraction of sp³-hybridized carbons (Fsp3) is 0.190. The summed E-state index contributed by atoms with van der Waals surface area (Å²) < 4.78 is 1.53. The second-order valence-corrected chi connectivity index (χ2v) is 6.36. The number of hydrogen-bond acceptors (Lipinski definition) is 3. The molecule has 0 aliphatic heterocycles. The highest BCUT2D eigenvalue weighted by molar-refractivity contribution is 6.03. The molecule has 0 saturated heterocycles. The third kappa shape index (κ3) is 3.72. The Morgan fingerprint density at radius 3 is 2.46 bits per heavy atom. The van der Waals surface area contributed by atoms with Crippen molar-refractivity contribution in [3.05, 3.63) is 82.7 Å². The van der Waals surface area contributed by atoms with E-state index in [0.717, 1.165) is 27.9 Å². The highest BCUT2D eigenvalue weighted by Crippen LogP contribution is 2.19. The maximum atomic E-state index is 12.5. The molecule has 3 aromatic rings. The number of carbonyl (C=O) groups is 2. The first kappa shape index (κ1) is 17.6. The van der Waals surface area contributed by atoms with Gasteiger partial charge in [0.2, 0.25) is 0 Å². The van der Waals surface area contributed by atoms with Crippen LogP contribution >= 0.6 is 0 Å². The fourth-order valence-corrected chi connectivity index (χ4v) is 2.93. The van der Waals surface area contributed by atoms with Crippen molar-refractivity contribution < 1.29 is 9.59 Å². The molecular weight excluding hydrogens is 326 g/mol. The van der Waals surface area contributed by atoms with E-state index < -0.39 is 0 Å². The number of hydrogen-bond donors (Lipinski definition) is 1. The summed E-state index contributed by atoms with van der Waals surface area (Å²) in [7, 11) is 1.72. The van der Waals surface area contributed by atoms with Gasteiger partial charge in [0.25, 0.3) is 5.91 Å². The van der Waals surface area contributed by atoms with Crippen LogP contribution in [0.2, 0.25) is 0 Å². The van der Waals surface area contributed by atoms with Crippen molar-refractivity contribution in [2.24, 2.45) is 7.05 Å². The minimum Gasteiger partial charge on any atom is -0.320 e. The van der Waals surface area contributed by atoms with Crippen molar-refractivity contribution in [2.75, 3.05) is 5.32 Å². The number of benzene rings is 2. The van der Waals surface area contributed by atoms with E-state index in [1.807, 2.05) is 56.3 Å². The molecule has 1 N–H and O–H groups in total. The Labute approximate surface area is 152 Å². The lowest BCUT2D eigenvalue weighted by Crippen LogP contribution is -2.16. The van der Waals surface area contributed by atoms with E-state index in [1.165, 1.54) is 4.68 Å². The van der Waals surface area contributed by atoms with Crippen LogP contribution in [-0.2, 0) is 13.5 Å². The number of nitrogens with one attached hydrogen (secondary N) is 1. The molecule has 5 heteroatoms. The number of Topliss-reactive ketones (excluding diaryl/α,β-unsaturated/α-hetero) is 1. The van der Waals surface area contributed by atoms with E-state index in [2.05, 4.69) is 10.4 Å². The highest BCUT2D eigenvalue weighted by Gasteiger charge is 2.13. The standard InChI is InChI=1S/C21H21N3O2/c1-14-6-4-5-7-17(14)20(25)13-16-8-9-18(15(2)12-16)23-21(26)19-10-11-22-24(19)3/h4-12H,13H2,1-3H3,(H,23,26). The van der Waals surface area contributed by atoms with E-state index >= 15 is 0 Å². The summed E-state index contributed by atoms with van der Waals surface area (Å²) in [6, 6.07) is 14.9. The summed E-state index contributed by atoms with van der Waals surface area (Å²) in [6.07, 6.45) is 1.92. The molecule has 0 radical (unpaired) electrons. The quantitative estimate of drug-likeness (QED) is 0.716. The lowest BCUT2D eigenvalue weighted by molar-refractivity contribution is 0.0989. The maximum absolute atomic E-state index is 12.5. The summed E-state index contributed by atoms with van der Waals surface area (Å²) in [5.74, 6) is -0.119. The minimum absolute atomic E-state index is 0.0918. The number of anilines is 1. The van der Waals surface area contributed by atoms with Crippen LogP contribution in [0, 0.1) is 13.8 Å². The molecule has 132 valence electrons. The second kappa shape index (κ2) is 7.35. The van der Waals surface area contributed by atoms with Crippen molar-refractivity contribution in [1.82, 2.24) is 9.78 Å². The molecule has 0 bridgehead atoms. The largest absolute Gasteiger partial charge is 0.320 e. The first-order chi connectivity index (χ1) is 12.5. The maximum Gasteiger partial charge on any atom is 0.273 e. The molecule has 0 saturated carbocycles. The van der Waals surface area contributed by atoms with Crippen molar-refractivity contribution in [3.8, 4) is 0 Å². The van der Waals surface area contributed by atoms with Crippen molar-refractivity contribution >= 4 is 17.4 Å². The lowest BCUT2D eigenvalue weighted by atomic mass is 9.98. The third-order valence-electron chi connectivity index (χ3n) is 4.40. The first-order valence-electron chi connectivity index (χ1n) is 8.43. The number of amides is 1. The zero-order valence-electron chi connectivity index (χ0n) is 15.1. The average molecular weight is 347 g/mol. The SMILES string of the molecule is Cc1cc(CC(=O)c2ccccc2C)ccc1NC(=O)c1ccnn1C. The Bertz CT molecular complexity index is 973. The van der Waals surface area contributed by atoms with E-state index in [0.29, 0.717) is 12.1 Å². The van der Waals surface area contributed by atoms with Gasteiger partial charge < -0.3 is 5.32 Å². The van der Waals surface area contributed by atoms with E-state index in [9.17, 15) is 9.59 Å². The zero-order valence-corrected chi connectivity index (χ0v) is 15.1. The highest BCUT2D eigenvalue weighted by atomic mass is 16.2. The van der Waals surface area contributed by atoms with Crippen molar-refractivity contribution in [2.45, 2.75) is 20.3 Å². The van der Waals surface area contributed by atoms with E-state index in [4.69, 9.17) is 0 Å². The molecule has 3 rings (SSSR count). The molecular formula is C21H21N3O2. The van der Waals surface area contributed by atoms with Gasteiger partial charge in [0, 0.05) is 30.9 Å². The van der Waals surface area contributed by atoms with Gasteiger partial charge in [-0.25, -0.2) is 0 Å². The Kier molecular flexibility index (Phi) is 4.98.